The van der Waals surface area contributed by atoms with Gasteiger partial charge in [-0.1, -0.05) is 6.42 Å². The SMILES string of the molecule is Cc1[nH]cnc1CN1CCCCC1c1[nH]ncc1S(C)(=O)=O. The number of nitrogens with zero attached hydrogens (tertiary/aromatic N) is 3. The molecule has 0 spiro atoms. The second-order valence-electron chi connectivity index (χ2n) is 5.88. The molecule has 1 saturated heterocycles. The maximum atomic E-state index is 11.9. The van der Waals surface area contributed by atoms with Gasteiger partial charge in [-0.25, -0.2) is 13.4 Å². The zero-order chi connectivity index (χ0) is 15.7. The number of aryl methyl sites for hydroxylation is 1. The number of aromatic amines is 2. The fourth-order valence-electron chi connectivity index (χ4n) is 3.07. The average molecular weight is 323 g/mol. The van der Waals surface area contributed by atoms with Crippen LogP contribution in [0.5, 0.6) is 0 Å². The first-order valence-corrected chi connectivity index (χ1v) is 9.32. The van der Waals surface area contributed by atoms with Gasteiger partial charge in [0.15, 0.2) is 9.84 Å². The highest BCUT2D eigenvalue weighted by molar-refractivity contribution is 7.90. The number of imidazole rings is 1. The van der Waals surface area contributed by atoms with Crippen molar-refractivity contribution in [2.24, 2.45) is 0 Å². The largest absolute Gasteiger partial charge is 0.348 e. The zero-order valence-corrected chi connectivity index (χ0v) is 13.7. The fraction of sp³-hybridized carbons (Fsp3) is 0.571. The van der Waals surface area contributed by atoms with Gasteiger partial charge in [-0.3, -0.25) is 10.00 Å². The summed E-state index contributed by atoms with van der Waals surface area (Å²) in [5.41, 5.74) is 2.76. The van der Waals surface area contributed by atoms with Crippen LogP contribution in [-0.2, 0) is 16.4 Å². The molecule has 1 fully saturated rings. The molecule has 22 heavy (non-hydrogen) atoms. The molecule has 0 radical (unpaired) electrons. The number of hydrogen-bond donors (Lipinski definition) is 2. The molecule has 0 aromatic carbocycles. The van der Waals surface area contributed by atoms with E-state index in [4.69, 9.17) is 0 Å². The van der Waals surface area contributed by atoms with Gasteiger partial charge in [-0.2, -0.15) is 5.10 Å². The molecule has 0 amide bonds. The van der Waals surface area contributed by atoms with Crippen LogP contribution < -0.4 is 0 Å². The maximum absolute atomic E-state index is 11.9. The summed E-state index contributed by atoms with van der Waals surface area (Å²) in [6, 6.07) is 0.0390. The van der Waals surface area contributed by atoms with Crippen molar-refractivity contribution >= 4 is 9.84 Å². The van der Waals surface area contributed by atoms with Gasteiger partial charge in [-0.05, 0) is 26.3 Å². The third kappa shape index (κ3) is 2.93. The number of aromatic nitrogens is 4. The Bertz CT molecular complexity index is 749. The van der Waals surface area contributed by atoms with E-state index in [0.29, 0.717) is 17.1 Å². The van der Waals surface area contributed by atoms with Crippen LogP contribution in [0.1, 0.15) is 42.4 Å². The smallest absolute Gasteiger partial charge is 0.178 e. The van der Waals surface area contributed by atoms with Crippen molar-refractivity contribution in [3.8, 4) is 0 Å². The highest BCUT2D eigenvalue weighted by atomic mass is 32.2. The Balaban J connectivity index is 1.90. The van der Waals surface area contributed by atoms with Crippen LogP contribution in [0.2, 0.25) is 0 Å². The molecule has 2 aromatic heterocycles. The van der Waals surface area contributed by atoms with Crippen molar-refractivity contribution < 1.29 is 8.42 Å². The van der Waals surface area contributed by atoms with Gasteiger partial charge in [0.2, 0.25) is 0 Å². The van der Waals surface area contributed by atoms with E-state index in [1.165, 1.54) is 12.5 Å². The van der Waals surface area contributed by atoms with E-state index < -0.39 is 9.84 Å². The Hall–Kier alpha value is -1.67. The molecule has 8 heteroatoms. The van der Waals surface area contributed by atoms with Crippen LogP contribution in [0, 0.1) is 6.92 Å². The van der Waals surface area contributed by atoms with Crippen molar-refractivity contribution in [1.82, 2.24) is 25.1 Å². The maximum Gasteiger partial charge on any atom is 0.178 e. The van der Waals surface area contributed by atoms with Gasteiger partial charge in [0.1, 0.15) is 4.90 Å². The van der Waals surface area contributed by atoms with Gasteiger partial charge in [0.05, 0.1) is 30.0 Å². The van der Waals surface area contributed by atoms with Crippen LogP contribution in [0.25, 0.3) is 0 Å². The van der Waals surface area contributed by atoms with Gasteiger partial charge < -0.3 is 4.98 Å². The molecular formula is C14H21N5O2S. The molecule has 1 atom stereocenters. The van der Waals surface area contributed by atoms with Gasteiger partial charge in [0, 0.05) is 18.5 Å². The quantitative estimate of drug-likeness (QED) is 0.890. The van der Waals surface area contributed by atoms with E-state index in [-0.39, 0.29) is 6.04 Å². The second kappa shape index (κ2) is 5.85. The van der Waals surface area contributed by atoms with Crippen molar-refractivity contribution in [3.05, 3.63) is 29.6 Å². The minimum Gasteiger partial charge on any atom is -0.348 e. The molecule has 120 valence electrons. The lowest BCUT2D eigenvalue weighted by molar-refractivity contribution is 0.133. The summed E-state index contributed by atoms with van der Waals surface area (Å²) in [5.74, 6) is 0. The Labute approximate surface area is 130 Å². The predicted octanol–water partition coefficient (Wildman–Crippen LogP) is 1.57. The first-order chi connectivity index (χ1) is 10.5. The summed E-state index contributed by atoms with van der Waals surface area (Å²) in [6.45, 7) is 3.64. The van der Waals surface area contributed by atoms with Crippen LogP contribution in [0.3, 0.4) is 0 Å². The summed E-state index contributed by atoms with van der Waals surface area (Å²) in [6.07, 6.45) is 7.46. The standard InChI is InChI=1S/C14H21N5O2S/c1-10-11(16-9-15-10)8-19-6-4-3-5-12(19)14-13(7-17-18-14)22(2,20)21/h7,9,12H,3-6,8H2,1-2H3,(H,15,16)(H,17,18). The third-order valence-electron chi connectivity index (χ3n) is 4.27. The third-order valence-corrected chi connectivity index (χ3v) is 5.39. The fourth-order valence-corrected chi connectivity index (χ4v) is 3.89. The monoisotopic (exact) mass is 323 g/mol. The van der Waals surface area contributed by atoms with Crippen molar-refractivity contribution in [2.75, 3.05) is 12.8 Å². The van der Waals surface area contributed by atoms with Crippen molar-refractivity contribution in [3.63, 3.8) is 0 Å². The molecule has 1 aliphatic heterocycles. The van der Waals surface area contributed by atoms with E-state index in [2.05, 4.69) is 25.1 Å². The van der Waals surface area contributed by atoms with Crippen LogP contribution >= 0.6 is 0 Å². The van der Waals surface area contributed by atoms with Crippen molar-refractivity contribution in [2.45, 2.75) is 43.7 Å². The number of H-pyrrole nitrogens is 2. The van der Waals surface area contributed by atoms with Gasteiger partial charge in [-0.15, -0.1) is 0 Å². The molecule has 0 aliphatic carbocycles. The van der Waals surface area contributed by atoms with E-state index >= 15 is 0 Å². The summed E-state index contributed by atoms with van der Waals surface area (Å²) in [7, 11) is -3.28. The van der Waals surface area contributed by atoms with E-state index in [1.807, 2.05) is 6.92 Å². The normalized spacial score (nSPS) is 20.4. The van der Waals surface area contributed by atoms with E-state index in [0.717, 1.165) is 37.2 Å². The predicted molar refractivity (Wildman–Crippen MR) is 82.0 cm³/mol. The summed E-state index contributed by atoms with van der Waals surface area (Å²) >= 11 is 0. The molecule has 2 aromatic rings. The molecule has 3 heterocycles. The molecule has 0 saturated carbocycles. The second-order valence-corrected chi connectivity index (χ2v) is 7.86. The van der Waals surface area contributed by atoms with Crippen LogP contribution in [-0.4, -0.2) is 46.3 Å². The minimum absolute atomic E-state index is 0.0390. The lowest BCUT2D eigenvalue weighted by atomic mass is 9.99. The highest BCUT2D eigenvalue weighted by Gasteiger charge is 2.30. The number of hydrogen-bond acceptors (Lipinski definition) is 5. The highest BCUT2D eigenvalue weighted by Crippen LogP contribution is 2.34. The molecule has 3 rings (SSSR count). The first kappa shape index (κ1) is 15.2. The average Bonchev–Trinajstić information content (AvgIpc) is 3.09. The summed E-state index contributed by atoms with van der Waals surface area (Å²) < 4.78 is 23.9. The van der Waals surface area contributed by atoms with Crippen LogP contribution in [0.15, 0.2) is 17.4 Å². The number of sulfone groups is 1. The van der Waals surface area contributed by atoms with E-state index in [9.17, 15) is 8.42 Å². The van der Waals surface area contributed by atoms with Crippen LogP contribution in [0.4, 0.5) is 0 Å². The zero-order valence-electron chi connectivity index (χ0n) is 12.8. The molecule has 0 bridgehead atoms. The number of piperidine rings is 1. The molecule has 2 N–H and O–H groups in total. The Morgan fingerprint density at radius 3 is 2.91 bits per heavy atom. The Morgan fingerprint density at radius 1 is 1.41 bits per heavy atom. The minimum atomic E-state index is -3.28. The van der Waals surface area contributed by atoms with E-state index in [1.54, 1.807) is 6.33 Å². The van der Waals surface area contributed by atoms with Gasteiger partial charge in [0.25, 0.3) is 0 Å². The van der Waals surface area contributed by atoms with Gasteiger partial charge >= 0.3 is 0 Å². The molecule has 7 nitrogen and oxygen atoms in total. The summed E-state index contributed by atoms with van der Waals surface area (Å²) in [5, 5.41) is 6.87. The Morgan fingerprint density at radius 2 is 2.23 bits per heavy atom. The first-order valence-electron chi connectivity index (χ1n) is 7.43. The Kier molecular flexibility index (Phi) is 4.05. The lowest BCUT2D eigenvalue weighted by Gasteiger charge is -2.35. The molecule has 1 unspecified atom stereocenters. The summed E-state index contributed by atoms with van der Waals surface area (Å²) in [4.78, 5) is 10.0. The number of rotatable bonds is 4. The van der Waals surface area contributed by atoms with Crippen molar-refractivity contribution in [1.29, 1.82) is 0 Å². The topological polar surface area (TPSA) is 94.7 Å². The number of likely N-dealkylation sites (tertiary alicyclic amines) is 1. The lowest BCUT2D eigenvalue weighted by Crippen LogP contribution is -2.34. The molecular weight excluding hydrogens is 302 g/mol. The molecule has 1 aliphatic rings. The number of nitrogens with one attached hydrogen (secondary N) is 2.